The van der Waals surface area contributed by atoms with E-state index in [1.165, 1.54) is 25.3 Å². The van der Waals surface area contributed by atoms with Crippen LogP contribution in [-0.2, 0) is 9.53 Å². The maximum atomic E-state index is 11.0. The Bertz CT molecular complexity index is 258. The Labute approximate surface area is 90.9 Å². The molecule has 0 radical (unpaired) electrons. The molecule has 0 aromatic rings. The molecule has 0 aromatic carbocycles. The Kier molecular flexibility index (Phi) is 3.10. The summed E-state index contributed by atoms with van der Waals surface area (Å²) in [6.07, 6.45) is 7.23. The van der Waals surface area contributed by atoms with Crippen molar-refractivity contribution in [1.29, 1.82) is 0 Å². The minimum atomic E-state index is -0.0656. The summed E-state index contributed by atoms with van der Waals surface area (Å²) in [5, 5.41) is 2.88. The van der Waals surface area contributed by atoms with Gasteiger partial charge in [0.15, 0.2) is 0 Å². The first-order chi connectivity index (χ1) is 7.24. The zero-order valence-corrected chi connectivity index (χ0v) is 9.13. The molecule has 3 heteroatoms. The van der Waals surface area contributed by atoms with E-state index < -0.39 is 0 Å². The van der Waals surface area contributed by atoms with Crippen molar-refractivity contribution in [2.24, 2.45) is 5.92 Å². The maximum absolute atomic E-state index is 11.0. The molecule has 0 bridgehead atoms. The third-order valence-corrected chi connectivity index (χ3v) is 3.61. The first-order valence-corrected chi connectivity index (χ1v) is 5.78. The van der Waals surface area contributed by atoms with Gasteiger partial charge in [0.25, 0.3) is 0 Å². The van der Waals surface area contributed by atoms with Crippen LogP contribution < -0.4 is 5.32 Å². The lowest BCUT2D eigenvalue weighted by molar-refractivity contribution is -0.143. The molecule has 1 heterocycles. The molecular formula is C12H19NO2. The van der Waals surface area contributed by atoms with Crippen molar-refractivity contribution >= 4 is 5.91 Å². The molecule has 0 aromatic heterocycles. The minimum Gasteiger partial charge on any atom is -0.375 e. The number of rotatable bonds is 3. The highest BCUT2D eigenvalue weighted by Gasteiger charge is 2.42. The zero-order valence-electron chi connectivity index (χ0n) is 9.13. The smallest absolute Gasteiger partial charge is 0.243 e. The van der Waals surface area contributed by atoms with Crippen molar-refractivity contribution in [2.75, 3.05) is 13.2 Å². The van der Waals surface area contributed by atoms with Crippen molar-refractivity contribution in [2.45, 2.75) is 37.7 Å². The van der Waals surface area contributed by atoms with Gasteiger partial charge in [0.1, 0.15) is 0 Å². The zero-order chi connectivity index (χ0) is 10.7. The van der Waals surface area contributed by atoms with Crippen LogP contribution in [0.1, 0.15) is 32.1 Å². The van der Waals surface area contributed by atoms with Crippen LogP contribution in [0.25, 0.3) is 0 Å². The predicted octanol–water partition coefficient (Wildman–Crippen LogP) is 1.64. The number of nitrogens with one attached hydrogen (secondary N) is 1. The standard InChI is InChI=1S/C12H19NO2/c1-2-11(14)13-9-10-4-7-15-12(8-10)5-3-6-12/h2,10H,1,3-9H2,(H,13,14). The minimum absolute atomic E-state index is 0.0656. The van der Waals surface area contributed by atoms with Crippen LogP contribution in [0.4, 0.5) is 0 Å². The molecule has 15 heavy (non-hydrogen) atoms. The summed E-state index contributed by atoms with van der Waals surface area (Å²) in [6.45, 7) is 5.07. The van der Waals surface area contributed by atoms with E-state index in [0.717, 1.165) is 26.0 Å². The van der Waals surface area contributed by atoms with Crippen LogP contribution >= 0.6 is 0 Å². The van der Waals surface area contributed by atoms with Gasteiger partial charge < -0.3 is 10.1 Å². The van der Waals surface area contributed by atoms with E-state index in [9.17, 15) is 4.79 Å². The number of hydrogen-bond acceptors (Lipinski definition) is 2. The second-order valence-corrected chi connectivity index (χ2v) is 4.69. The fourth-order valence-corrected chi connectivity index (χ4v) is 2.54. The summed E-state index contributed by atoms with van der Waals surface area (Å²) >= 11 is 0. The highest BCUT2D eigenvalue weighted by Crippen LogP contribution is 2.43. The molecule has 1 unspecified atom stereocenters. The highest BCUT2D eigenvalue weighted by molar-refractivity contribution is 5.86. The number of carbonyl (C=O) groups excluding carboxylic acids is 1. The van der Waals surface area contributed by atoms with Crippen LogP contribution in [-0.4, -0.2) is 24.7 Å². The van der Waals surface area contributed by atoms with Crippen LogP contribution in [0.15, 0.2) is 12.7 Å². The number of carbonyl (C=O) groups is 1. The van der Waals surface area contributed by atoms with Gasteiger partial charge in [0.2, 0.25) is 5.91 Å². The van der Waals surface area contributed by atoms with Gasteiger partial charge in [-0.25, -0.2) is 0 Å². The first-order valence-electron chi connectivity index (χ1n) is 5.78. The van der Waals surface area contributed by atoms with Crippen LogP contribution in [0.3, 0.4) is 0 Å². The third-order valence-electron chi connectivity index (χ3n) is 3.61. The molecule has 3 nitrogen and oxygen atoms in total. The van der Waals surface area contributed by atoms with Crippen molar-refractivity contribution in [3.05, 3.63) is 12.7 Å². The number of ether oxygens (including phenoxy) is 1. The Balaban J connectivity index is 1.77. The molecule has 1 N–H and O–H groups in total. The second-order valence-electron chi connectivity index (χ2n) is 4.69. The number of hydrogen-bond donors (Lipinski definition) is 1. The molecular weight excluding hydrogens is 190 g/mol. The summed E-state index contributed by atoms with van der Waals surface area (Å²) in [5.41, 5.74) is 0.182. The van der Waals surface area contributed by atoms with Gasteiger partial charge in [-0.3, -0.25) is 4.79 Å². The molecule has 1 aliphatic heterocycles. The summed E-state index contributed by atoms with van der Waals surface area (Å²) < 4.78 is 5.83. The Hall–Kier alpha value is -0.830. The highest BCUT2D eigenvalue weighted by atomic mass is 16.5. The SMILES string of the molecule is C=CC(=O)NCC1CCOC2(CCC2)C1. The Morgan fingerprint density at radius 3 is 3.00 bits per heavy atom. The molecule has 2 aliphatic rings. The largest absolute Gasteiger partial charge is 0.375 e. The molecule has 1 atom stereocenters. The lowest BCUT2D eigenvalue weighted by Crippen LogP contribution is -2.47. The number of amides is 1. The first kappa shape index (κ1) is 10.7. The molecule has 2 rings (SSSR count). The predicted molar refractivity (Wildman–Crippen MR) is 58.5 cm³/mol. The van der Waals surface area contributed by atoms with E-state index in [4.69, 9.17) is 4.74 Å². The summed E-state index contributed by atoms with van der Waals surface area (Å²) in [5.74, 6) is 0.520. The van der Waals surface area contributed by atoms with Gasteiger partial charge in [-0.2, -0.15) is 0 Å². The van der Waals surface area contributed by atoms with Crippen molar-refractivity contribution in [3.63, 3.8) is 0 Å². The van der Waals surface area contributed by atoms with E-state index in [1.54, 1.807) is 0 Å². The van der Waals surface area contributed by atoms with Crippen molar-refractivity contribution in [3.8, 4) is 0 Å². The summed E-state index contributed by atoms with van der Waals surface area (Å²) in [4.78, 5) is 11.0. The van der Waals surface area contributed by atoms with Gasteiger partial charge in [-0.05, 0) is 44.1 Å². The normalized spacial score (nSPS) is 28.1. The Morgan fingerprint density at radius 2 is 2.40 bits per heavy atom. The molecule has 2 fully saturated rings. The average molecular weight is 209 g/mol. The Morgan fingerprint density at radius 1 is 1.60 bits per heavy atom. The van der Waals surface area contributed by atoms with Crippen LogP contribution in [0, 0.1) is 5.92 Å². The fraction of sp³-hybridized carbons (Fsp3) is 0.750. The molecule has 84 valence electrons. The van der Waals surface area contributed by atoms with Gasteiger partial charge in [0.05, 0.1) is 5.60 Å². The monoisotopic (exact) mass is 209 g/mol. The lowest BCUT2D eigenvalue weighted by Gasteiger charge is -2.47. The lowest BCUT2D eigenvalue weighted by atomic mass is 9.72. The maximum Gasteiger partial charge on any atom is 0.243 e. The van der Waals surface area contributed by atoms with E-state index in [0.29, 0.717) is 5.92 Å². The van der Waals surface area contributed by atoms with E-state index >= 15 is 0 Å². The van der Waals surface area contributed by atoms with Gasteiger partial charge in [-0.15, -0.1) is 0 Å². The van der Waals surface area contributed by atoms with E-state index in [-0.39, 0.29) is 11.5 Å². The third kappa shape index (κ3) is 2.40. The summed E-state index contributed by atoms with van der Waals surface area (Å²) in [7, 11) is 0. The van der Waals surface area contributed by atoms with Crippen molar-refractivity contribution < 1.29 is 9.53 Å². The molecule has 1 amide bonds. The van der Waals surface area contributed by atoms with E-state index in [2.05, 4.69) is 11.9 Å². The molecule has 1 spiro atoms. The van der Waals surface area contributed by atoms with Gasteiger partial charge in [0, 0.05) is 13.2 Å². The van der Waals surface area contributed by atoms with Gasteiger partial charge in [-0.1, -0.05) is 6.58 Å². The average Bonchev–Trinajstić information content (AvgIpc) is 2.24. The fourth-order valence-electron chi connectivity index (χ4n) is 2.54. The molecule has 1 saturated carbocycles. The summed E-state index contributed by atoms with van der Waals surface area (Å²) in [6, 6.07) is 0. The quantitative estimate of drug-likeness (QED) is 0.718. The van der Waals surface area contributed by atoms with Gasteiger partial charge >= 0.3 is 0 Å². The van der Waals surface area contributed by atoms with E-state index in [1.807, 2.05) is 0 Å². The van der Waals surface area contributed by atoms with Crippen LogP contribution in [0.2, 0.25) is 0 Å². The molecule has 1 saturated heterocycles. The topological polar surface area (TPSA) is 38.3 Å². The van der Waals surface area contributed by atoms with Crippen molar-refractivity contribution in [1.82, 2.24) is 5.32 Å². The van der Waals surface area contributed by atoms with Crippen LogP contribution in [0.5, 0.6) is 0 Å². The second kappa shape index (κ2) is 4.35. The molecule has 1 aliphatic carbocycles.